The molecule has 9 heteroatoms. The SMILES string of the molecule is C=C(Nc1ccc(P(N)(=O)O)nn1)c1cc(C)cc(OCCc2ccsc2)c1. The van der Waals surface area contributed by atoms with Gasteiger partial charge in [0.15, 0.2) is 11.3 Å². The molecule has 0 saturated heterocycles. The molecule has 0 fully saturated rings. The highest BCUT2D eigenvalue weighted by Gasteiger charge is 2.17. The summed E-state index contributed by atoms with van der Waals surface area (Å²) in [5.74, 6) is 1.16. The number of anilines is 1. The van der Waals surface area contributed by atoms with Crippen LogP contribution in [-0.4, -0.2) is 21.7 Å². The van der Waals surface area contributed by atoms with Crippen molar-refractivity contribution in [3.8, 4) is 5.75 Å². The van der Waals surface area contributed by atoms with Gasteiger partial charge in [-0.15, -0.1) is 10.2 Å². The van der Waals surface area contributed by atoms with E-state index in [9.17, 15) is 9.46 Å². The fraction of sp³-hybridized carbons (Fsp3) is 0.158. The van der Waals surface area contributed by atoms with Crippen molar-refractivity contribution in [1.29, 1.82) is 0 Å². The number of nitrogens with one attached hydrogen (secondary N) is 1. The molecule has 146 valence electrons. The lowest BCUT2D eigenvalue weighted by Crippen LogP contribution is -2.16. The molecule has 0 spiro atoms. The van der Waals surface area contributed by atoms with E-state index in [1.807, 2.05) is 25.1 Å². The highest BCUT2D eigenvalue weighted by molar-refractivity contribution is 7.63. The van der Waals surface area contributed by atoms with E-state index in [0.29, 0.717) is 18.1 Å². The van der Waals surface area contributed by atoms with Gasteiger partial charge in [0.25, 0.3) is 0 Å². The van der Waals surface area contributed by atoms with E-state index < -0.39 is 7.52 Å². The van der Waals surface area contributed by atoms with Crippen molar-refractivity contribution in [1.82, 2.24) is 10.2 Å². The molecule has 2 heterocycles. The van der Waals surface area contributed by atoms with E-state index in [1.165, 1.54) is 17.7 Å². The molecule has 1 aromatic carbocycles. The molecule has 0 aliphatic carbocycles. The smallest absolute Gasteiger partial charge is 0.314 e. The lowest BCUT2D eigenvalue weighted by molar-refractivity contribution is 0.322. The number of hydrogen-bond acceptors (Lipinski definition) is 6. The van der Waals surface area contributed by atoms with Crippen molar-refractivity contribution >= 4 is 35.8 Å². The fourth-order valence-electron chi connectivity index (χ4n) is 2.52. The van der Waals surface area contributed by atoms with Gasteiger partial charge in [0.05, 0.1) is 6.61 Å². The minimum absolute atomic E-state index is 0.152. The van der Waals surface area contributed by atoms with Gasteiger partial charge in [-0.3, -0.25) is 10.1 Å². The van der Waals surface area contributed by atoms with E-state index >= 15 is 0 Å². The molecular formula is C19H21N4O3PS. The number of aryl methyl sites for hydroxylation is 1. The normalized spacial score (nSPS) is 13.0. The topological polar surface area (TPSA) is 110 Å². The van der Waals surface area contributed by atoms with E-state index in [4.69, 9.17) is 10.2 Å². The average Bonchev–Trinajstić information content (AvgIpc) is 3.14. The fourth-order valence-corrected chi connectivity index (χ4v) is 3.68. The number of ether oxygens (including phenoxy) is 1. The molecule has 3 aromatic rings. The first-order valence-electron chi connectivity index (χ1n) is 8.49. The van der Waals surface area contributed by atoms with Crippen molar-refractivity contribution in [2.45, 2.75) is 13.3 Å². The zero-order valence-corrected chi connectivity index (χ0v) is 17.0. The third-order valence-corrected chi connectivity index (χ3v) is 5.52. The molecule has 28 heavy (non-hydrogen) atoms. The Bertz CT molecular complexity index is 1000. The molecule has 0 radical (unpaired) electrons. The summed E-state index contributed by atoms with van der Waals surface area (Å²) in [5, 5.41) is 14.8. The number of nitrogens with zero attached hydrogens (tertiary/aromatic N) is 2. The maximum absolute atomic E-state index is 11.4. The molecule has 0 saturated carbocycles. The van der Waals surface area contributed by atoms with Gasteiger partial charge in [0, 0.05) is 17.7 Å². The van der Waals surface area contributed by atoms with E-state index in [2.05, 4.69) is 38.9 Å². The third-order valence-electron chi connectivity index (χ3n) is 3.90. The Kier molecular flexibility index (Phi) is 6.26. The van der Waals surface area contributed by atoms with E-state index in [-0.39, 0.29) is 5.44 Å². The van der Waals surface area contributed by atoms with Crippen molar-refractivity contribution in [2.24, 2.45) is 5.50 Å². The molecule has 2 aromatic heterocycles. The summed E-state index contributed by atoms with van der Waals surface area (Å²) in [4.78, 5) is 9.31. The van der Waals surface area contributed by atoms with Crippen LogP contribution >= 0.6 is 18.9 Å². The van der Waals surface area contributed by atoms with E-state index in [1.54, 1.807) is 11.3 Å². The summed E-state index contributed by atoms with van der Waals surface area (Å²) in [5.41, 5.74) is 8.76. The van der Waals surface area contributed by atoms with Crippen LogP contribution in [0.1, 0.15) is 16.7 Å². The Labute approximate surface area is 167 Å². The summed E-state index contributed by atoms with van der Waals surface area (Å²) in [6.45, 7) is 6.61. The summed E-state index contributed by atoms with van der Waals surface area (Å²) >= 11 is 1.67. The van der Waals surface area contributed by atoms with Gasteiger partial charge >= 0.3 is 7.52 Å². The van der Waals surface area contributed by atoms with Crippen LogP contribution in [0.2, 0.25) is 0 Å². The first kappa shape index (κ1) is 20.2. The van der Waals surface area contributed by atoms with Gasteiger partial charge in [-0.1, -0.05) is 6.58 Å². The summed E-state index contributed by atoms with van der Waals surface area (Å²) < 4.78 is 17.3. The van der Waals surface area contributed by atoms with Crippen molar-refractivity contribution < 1.29 is 14.2 Å². The van der Waals surface area contributed by atoms with Crippen LogP contribution in [0, 0.1) is 6.92 Å². The van der Waals surface area contributed by atoms with Gasteiger partial charge in [-0.2, -0.15) is 11.3 Å². The molecule has 4 N–H and O–H groups in total. The second-order valence-electron chi connectivity index (χ2n) is 6.27. The van der Waals surface area contributed by atoms with Crippen molar-refractivity contribution in [2.75, 3.05) is 11.9 Å². The predicted molar refractivity (Wildman–Crippen MR) is 113 cm³/mol. The Morgan fingerprint density at radius 1 is 1.32 bits per heavy atom. The number of hydrogen-bond donors (Lipinski definition) is 3. The number of thiophene rings is 1. The monoisotopic (exact) mass is 416 g/mol. The second-order valence-corrected chi connectivity index (χ2v) is 8.75. The molecule has 1 atom stereocenters. The minimum atomic E-state index is -3.91. The number of aromatic nitrogens is 2. The third kappa shape index (κ3) is 5.50. The summed E-state index contributed by atoms with van der Waals surface area (Å²) in [6.07, 6.45) is 0.851. The number of rotatable bonds is 8. The summed E-state index contributed by atoms with van der Waals surface area (Å²) in [6, 6.07) is 10.8. The van der Waals surface area contributed by atoms with E-state index in [0.717, 1.165) is 23.3 Å². The standard InChI is InChI=1S/C19H21N4O3PS/c1-13-9-16(11-17(10-13)26-7-5-15-6-8-28-12-15)14(2)21-18-3-4-19(23-22-18)27(20,24)25/h3-4,6,8-12H,2,5,7H2,1H3,(H,21,22)(H3,20,24,25). The molecule has 0 aliphatic rings. The molecule has 0 amide bonds. The maximum atomic E-state index is 11.4. The van der Waals surface area contributed by atoms with Crippen molar-refractivity contribution in [3.05, 3.63) is 70.4 Å². The first-order valence-corrected chi connectivity index (χ1v) is 11.2. The Hall–Kier alpha value is -2.51. The number of nitrogens with two attached hydrogens (primary N) is 1. The van der Waals surface area contributed by atoms with Gasteiger partial charge in [0.1, 0.15) is 5.75 Å². The zero-order chi connectivity index (χ0) is 20.1. The maximum Gasteiger partial charge on any atom is 0.314 e. The molecular weight excluding hydrogens is 395 g/mol. The first-order chi connectivity index (χ1) is 13.3. The number of benzene rings is 1. The molecule has 3 rings (SSSR count). The lowest BCUT2D eigenvalue weighted by atomic mass is 10.1. The quantitative estimate of drug-likeness (QED) is 0.483. The molecule has 0 aliphatic heterocycles. The van der Waals surface area contributed by atoms with Crippen LogP contribution in [0.5, 0.6) is 5.75 Å². The summed E-state index contributed by atoms with van der Waals surface area (Å²) in [7, 11) is -3.91. The van der Waals surface area contributed by atoms with Crippen LogP contribution in [0.15, 0.2) is 53.7 Å². The second kappa shape index (κ2) is 8.67. The zero-order valence-electron chi connectivity index (χ0n) is 15.3. The van der Waals surface area contributed by atoms with Crippen LogP contribution in [0.25, 0.3) is 5.70 Å². The highest BCUT2D eigenvalue weighted by atomic mass is 32.1. The van der Waals surface area contributed by atoms with Crippen LogP contribution in [0.4, 0.5) is 5.82 Å². The Balaban J connectivity index is 1.65. The lowest BCUT2D eigenvalue weighted by Gasteiger charge is -2.13. The van der Waals surface area contributed by atoms with Gasteiger partial charge in [-0.05, 0) is 65.2 Å². The minimum Gasteiger partial charge on any atom is -0.493 e. The Morgan fingerprint density at radius 2 is 2.14 bits per heavy atom. The predicted octanol–water partition coefficient (Wildman–Crippen LogP) is 3.32. The molecule has 7 nitrogen and oxygen atoms in total. The molecule has 0 bridgehead atoms. The van der Waals surface area contributed by atoms with Crippen LogP contribution in [0.3, 0.4) is 0 Å². The average molecular weight is 416 g/mol. The Morgan fingerprint density at radius 3 is 2.79 bits per heavy atom. The van der Waals surface area contributed by atoms with Gasteiger partial charge < -0.3 is 14.9 Å². The van der Waals surface area contributed by atoms with Crippen LogP contribution < -0.4 is 21.0 Å². The largest absolute Gasteiger partial charge is 0.493 e. The van der Waals surface area contributed by atoms with Crippen molar-refractivity contribution in [3.63, 3.8) is 0 Å². The molecule has 1 unspecified atom stereocenters. The highest BCUT2D eigenvalue weighted by Crippen LogP contribution is 2.27. The van der Waals surface area contributed by atoms with Gasteiger partial charge in [0.2, 0.25) is 0 Å². The van der Waals surface area contributed by atoms with Gasteiger partial charge in [-0.25, -0.2) is 0 Å². The van der Waals surface area contributed by atoms with Crippen LogP contribution in [-0.2, 0) is 11.0 Å².